The number of hydrogen-bond donors (Lipinski definition) is 1. The first kappa shape index (κ1) is 11.4. The molecule has 3 heteroatoms. The molecule has 2 N–H and O–H groups in total. The summed E-state index contributed by atoms with van der Waals surface area (Å²) in [6.07, 6.45) is 0. The van der Waals surface area contributed by atoms with Crippen molar-refractivity contribution < 1.29 is 4.39 Å². The zero-order chi connectivity index (χ0) is 11.7. The van der Waals surface area contributed by atoms with Crippen LogP contribution < -0.4 is 10.6 Å². The standard InChI is InChI=1S/C13H19FN2/c1-9-7-16(8-10(9)2)13-4-3-12(14)5-11(13)6-15/h3-5,9-10H,6-8,15H2,1-2H3. The molecule has 1 aliphatic heterocycles. The number of anilines is 1. The first-order chi connectivity index (χ1) is 7.61. The Morgan fingerprint density at radius 1 is 1.31 bits per heavy atom. The summed E-state index contributed by atoms with van der Waals surface area (Å²) in [7, 11) is 0. The van der Waals surface area contributed by atoms with Crippen LogP contribution in [0, 0.1) is 17.7 Å². The minimum Gasteiger partial charge on any atom is -0.371 e. The van der Waals surface area contributed by atoms with E-state index in [0.717, 1.165) is 24.3 Å². The van der Waals surface area contributed by atoms with E-state index in [1.807, 2.05) is 6.07 Å². The van der Waals surface area contributed by atoms with Gasteiger partial charge < -0.3 is 10.6 Å². The number of halogens is 1. The third kappa shape index (κ3) is 2.05. The second-order valence-corrected chi connectivity index (χ2v) is 4.84. The smallest absolute Gasteiger partial charge is 0.123 e. The molecule has 1 aromatic rings. The molecule has 1 heterocycles. The summed E-state index contributed by atoms with van der Waals surface area (Å²) in [6.45, 7) is 7.00. The minimum atomic E-state index is -0.204. The second kappa shape index (κ2) is 4.42. The molecule has 2 rings (SSSR count). The van der Waals surface area contributed by atoms with Gasteiger partial charge in [0.05, 0.1) is 0 Å². The Kier molecular flexibility index (Phi) is 3.15. The SMILES string of the molecule is CC1CN(c2ccc(F)cc2CN)CC1C. The van der Waals surface area contributed by atoms with Gasteiger partial charge in [-0.3, -0.25) is 0 Å². The van der Waals surface area contributed by atoms with Gasteiger partial charge in [-0.25, -0.2) is 4.39 Å². The maximum Gasteiger partial charge on any atom is 0.123 e. The molecule has 1 saturated heterocycles. The Morgan fingerprint density at radius 2 is 1.94 bits per heavy atom. The molecule has 16 heavy (non-hydrogen) atoms. The van der Waals surface area contributed by atoms with Crippen molar-refractivity contribution in [2.75, 3.05) is 18.0 Å². The van der Waals surface area contributed by atoms with E-state index in [1.54, 1.807) is 6.07 Å². The Labute approximate surface area is 96.2 Å². The Bertz CT molecular complexity index is 368. The third-order valence-corrected chi connectivity index (χ3v) is 3.59. The van der Waals surface area contributed by atoms with Gasteiger partial charge in [-0.1, -0.05) is 13.8 Å². The highest BCUT2D eigenvalue weighted by molar-refractivity contribution is 5.54. The Hall–Kier alpha value is -1.09. The summed E-state index contributed by atoms with van der Waals surface area (Å²) < 4.78 is 13.1. The molecule has 1 aromatic carbocycles. The summed E-state index contributed by atoms with van der Waals surface area (Å²) in [5.74, 6) is 1.18. The second-order valence-electron chi connectivity index (χ2n) is 4.84. The highest BCUT2D eigenvalue weighted by Gasteiger charge is 2.27. The van der Waals surface area contributed by atoms with Crippen molar-refractivity contribution in [2.45, 2.75) is 20.4 Å². The van der Waals surface area contributed by atoms with Crippen molar-refractivity contribution in [1.29, 1.82) is 0 Å². The van der Waals surface area contributed by atoms with Crippen LogP contribution in [-0.4, -0.2) is 13.1 Å². The fourth-order valence-corrected chi connectivity index (χ4v) is 2.35. The highest BCUT2D eigenvalue weighted by atomic mass is 19.1. The third-order valence-electron chi connectivity index (χ3n) is 3.59. The van der Waals surface area contributed by atoms with E-state index in [4.69, 9.17) is 5.73 Å². The maximum absolute atomic E-state index is 13.1. The van der Waals surface area contributed by atoms with Gasteiger partial charge >= 0.3 is 0 Å². The minimum absolute atomic E-state index is 0.204. The van der Waals surface area contributed by atoms with Crippen LogP contribution in [0.5, 0.6) is 0 Å². The molecular weight excluding hydrogens is 203 g/mol. The van der Waals surface area contributed by atoms with Gasteiger partial charge in [0.25, 0.3) is 0 Å². The van der Waals surface area contributed by atoms with Crippen LogP contribution in [0.25, 0.3) is 0 Å². The van der Waals surface area contributed by atoms with E-state index >= 15 is 0 Å². The number of nitrogens with two attached hydrogens (primary N) is 1. The van der Waals surface area contributed by atoms with Crippen molar-refractivity contribution in [2.24, 2.45) is 17.6 Å². The lowest BCUT2D eigenvalue weighted by Crippen LogP contribution is -2.21. The average Bonchev–Trinajstić information content (AvgIpc) is 2.59. The van der Waals surface area contributed by atoms with Crippen LogP contribution in [0.15, 0.2) is 18.2 Å². The molecule has 0 aliphatic carbocycles. The number of nitrogens with zero attached hydrogens (tertiary/aromatic N) is 1. The summed E-state index contributed by atoms with van der Waals surface area (Å²) >= 11 is 0. The van der Waals surface area contributed by atoms with Gasteiger partial charge in [0.2, 0.25) is 0 Å². The fourth-order valence-electron chi connectivity index (χ4n) is 2.35. The maximum atomic E-state index is 13.1. The highest BCUT2D eigenvalue weighted by Crippen LogP contribution is 2.30. The van der Waals surface area contributed by atoms with E-state index < -0.39 is 0 Å². The van der Waals surface area contributed by atoms with Crippen LogP contribution in [-0.2, 0) is 6.54 Å². The van der Waals surface area contributed by atoms with Gasteiger partial charge in [-0.2, -0.15) is 0 Å². The fraction of sp³-hybridized carbons (Fsp3) is 0.538. The van der Waals surface area contributed by atoms with Crippen LogP contribution in [0.2, 0.25) is 0 Å². The van der Waals surface area contributed by atoms with Gasteiger partial charge in [0.1, 0.15) is 5.82 Å². The van der Waals surface area contributed by atoms with Crippen LogP contribution in [0.1, 0.15) is 19.4 Å². The predicted molar refractivity (Wildman–Crippen MR) is 64.8 cm³/mol. The molecule has 0 amide bonds. The van der Waals surface area contributed by atoms with Crippen molar-refractivity contribution in [3.63, 3.8) is 0 Å². The molecular formula is C13H19FN2. The van der Waals surface area contributed by atoms with Crippen molar-refractivity contribution in [3.8, 4) is 0 Å². The average molecular weight is 222 g/mol. The summed E-state index contributed by atoms with van der Waals surface area (Å²) in [5.41, 5.74) is 7.66. The largest absolute Gasteiger partial charge is 0.371 e. The predicted octanol–water partition coefficient (Wildman–Crippen LogP) is 2.38. The van der Waals surface area contributed by atoms with E-state index in [9.17, 15) is 4.39 Å². The molecule has 0 bridgehead atoms. The number of benzene rings is 1. The van der Waals surface area contributed by atoms with Crippen molar-refractivity contribution >= 4 is 5.69 Å². The molecule has 88 valence electrons. The molecule has 2 unspecified atom stereocenters. The molecule has 2 nitrogen and oxygen atoms in total. The van der Waals surface area contributed by atoms with Gasteiger partial charge in [-0.15, -0.1) is 0 Å². The van der Waals surface area contributed by atoms with E-state index in [0.29, 0.717) is 18.4 Å². The van der Waals surface area contributed by atoms with Crippen LogP contribution in [0.4, 0.5) is 10.1 Å². The van der Waals surface area contributed by atoms with Crippen LogP contribution >= 0.6 is 0 Å². The van der Waals surface area contributed by atoms with Crippen molar-refractivity contribution in [3.05, 3.63) is 29.6 Å². The zero-order valence-electron chi connectivity index (χ0n) is 9.91. The quantitative estimate of drug-likeness (QED) is 0.832. The van der Waals surface area contributed by atoms with Gasteiger partial charge in [0, 0.05) is 25.3 Å². The normalized spacial score (nSPS) is 25.1. The van der Waals surface area contributed by atoms with Crippen molar-refractivity contribution in [1.82, 2.24) is 0 Å². The number of hydrogen-bond acceptors (Lipinski definition) is 2. The lowest BCUT2D eigenvalue weighted by Gasteiger charge is -2.21. The molecule has 0 aromatic heterocycles. The first-order valence-electron chi connectivity index (χ1n) is 5.85. The summed E-state index contributed by atoms with van der Waals surface area (Å²) in [6, 6.07) is 4.91. The Morgan fingerprint density at radius 3 is 2.50 bits per heavy atom. The number of rotatable bonds is 2. The van der Waals surface area contributed by atoms with E-state index in [2.05, 4.69) is 18.7 Å². The lowest BCUT2D eigenvalue weighted by molar-refractivity contribution is 0.494. The molecule has 0 spiro atoms. The molecule has 1 fully saturated rings. The lowest BCUT2D eigenvalue weighted by atomic mass is 10.0. The monoisotopic (exact) mass is 222 g/mol. The molecule has 0 saturated carbocycles. The van der Waals surface area contributed by atoms with E-state index in [-0.39, 0.29) is 5.82 Å². The first-order valence-corrected chi connectivity index (χ1v) is 5.85. The molecule has 0 radical (unpaired) electrons. The molecule has 1 aliphatic rings. The zero-order valence-corrected chi connectivity index (χ0v) is 9.91. The van der Waals surface area contributed by atoms with Crippen LogP contribution in [0.3, 0.4) is 0 Å². The summed E-state index contributed by atoms with van der Waals surface area (Å²) in [4.78, 5) is 2.32. The summed E-state index contributed by atoms with van der Waals surface area (Å²) in [5, 5.41) is 0. The van der Waals surface area contributed by atoms with E-state index in [1.165, 1.54) is 6.07 Å². The van der Waals surface area contributed by atoms with Gasteiger partial charge in [0.15, 0.2) is 0 Å². The Balaban J connectivity index is 2.27. The topological polar surface area (TPSA) is 29.3 Å². The molecule has 2 atom stereocenters. The van der Waals surface area contributed by atoms with Gasteiger partial charge in [-0.05, 0) is 35.6 Å².